The molecule has 2 aromatic carbocycles. The zero-order chi connectivity index (χ0) is 27.5. The molecule has 1 amide bonds. The van der Waals surface area contributed by atoms with E-state index in [1.54, 1.807) is 36.1 Å². The molecule has 4 rings (SSSR count). The van der Waals surface area contributed by atoms with Crippen LogP contribution in [0.4, 0.5) is 29.1 Å². The van der Waals surface area contributed by atoms with Crippen LogP contribution in [0.25, 0.3) is 0 Å². The summed E-state index contributed by atoms with van der Waals surface area (Å²) in [6.07, 6.45) is -2.46. The van der Waals surface area contributed by atoms with Crippen molar-refractivity contribution in [2.75, 3.05) is 29.2 Å². The highest BCUT2D eigenvalue weighted by atomic mass is 32.2. The van der Waals surface area contributed by atoms with Crippen LogP contribution >= 0.6 is 0 Å². The van der Waals surface area contributed by atoms with E-state index in [-0.39, 0.29) is 28.9 Å². The predicted octanol–water partition coefficient (Wildman–Crippen LogP) is 5.41. The molecule has 202 valence electrons. The SMILES string of the molecule is CCS(=O)(=O)c1ccc(CC(=O)Nc2ccc(N3CC(c4ccc(C(F)(F)F)cc4)C[C@H]3CF)nc2)cc1. The Bertz CT molecular complexity index is 1360. The lowest BCUT2D eigenvalue weighted by atomic mass is 9.95. The molecule has 1 aromatic heterocycles. The minimum Gasteiger partial charge on any atom is -0.350 e. The van der Waals surface area contributed by atoms with Gasteiger partial charge in [0, 0.05) is 12.5 Å². The second-order valence-corrected chi connectivity index (χ2v) is 11.5. The van der Waals surface area contributed by atoms with Crippen LogP contribution in [0.2, 0.25) is 0 Å². The summed E-state index contributed by atoms with van der Waals surface area (Å²) in [5.41, 5.74) is 1.08. The van der Waals surface area contributed by atoms with Crippen LogP contribution in [0.3, 0.4) is 0 Å². The van der Waals surface area contributed by atoms with Crippen molar-refractivity contribution in [3.8, 4) is 0 Å². The molecule has 1 fully saturated rings. The van der Waals surface area contributed by atoms with Gasteiger partial charge in [-0.1, -0.05) is 31.2 Å². The quantitative estimate of drug-likeness (QED) is 0.381. The summed E-state index contributed by atoms with van der Waals surface area (Å²) in [5, 5.41) is 2.74. The maximum atomic E-state index is 13.8. The second kappa shape index (κ2) is 11.1. The molecule has 6 nitrogen and oxygen atoms in total. The molecule has 1 unspecified atom stereocenters. The smallest absolute Gasteiger partial charge is 0.350 e. The van der Waals surface area contributed by atoms with Gasteiger partial charge in [-0.2, -0.15) is 13.2 Å². The van der Waals surface area contributed by atoms with Gasteiger partial charge in [-0.05, 0) is 53.9 Å². The van der Waals surface area contributed by atoms with E-state index in [1.165, 1.54) is 30.5 Å². The van der Waals surface area contributed by atoms with Crippen molar-refractivity contribution in [3.63, 3.8) is 0 Å². The minimum atomic E-state index is -4.41. The number of pyridine rings is 1. The Kier molecular flexibility index (Phi) is 8.05. The van der Waals surface area contributed by atoms with Crippen LogP contribution in [0.1, 0.15) is 36.0 Å². The van der Waals surface area contributed by atoms with Crippen LogP contribution in [0.5, 0.6) is 0 Å². The number of anilines is 2. The molecule has 2 heterocycles. The molecule has 1 aliphatic heterocycles. The van der Waals surface area contributed by atoms with Crippen LogP contribution < -0.4 is 10.2 Å². The van der Waals surface area contributed by atoms with E-state index >= 15 is 0 Å². The first-order valence-corrected chi connectivity index (χ1v) is 13.7. The summed E-state index contributed by atoms with van der Waals surface area (Å²) in [6.45, 7) is 1.34. The van der Waals surface area contributed by atoms with Gasteiger partial charge in [-0.15, -0.1) is 0 Å². The number of aromatic nitrogens is 1. The first-order chi connectivity index (χ1) is 18.0. The monoisotopic (exact) mass is 549 g/mol. The number of alkyl halides is 4. The van der Waals surface area contributed by atoms with Crippen LogP contribution in [0, 0.1) is 0 Å². The van der Waals surface area contributed by atoms with Crippen molar-refractivity contribution in [2.24, 2.45) is 0 Å². The fourth-order valence-corrected chi connectivity index (χ4v) is 5.42. The van der Waals surface area contributed by atoms with Crippen molar-refractivity contribution in [1.82, 2.24) is 4.98 Å². The molecule has 0 spiro atoms. The number of amides is 1. The topological polar surface area (TPSA) is 79.4 Å². The number of carbonyl (C=O) groups is 1. The van der Waals surface area contributed by atoms with Gasteiger partial charge < -0.3 is 10.2 Å². The van der Waals surface area contributed by atoms with Crippen molar-refractivity contribution >= 4 is 27.2 Å². The third-order valence-electron chi connectivity index (χ3n) is 6.66. The third kappa shape index (κ3) is 6.32. The molecule has 1 saturated heterocycles. The zero-order valence-electron chi connectivity index (χ0n) is 20.6. The first-order valence-electron chi connectivity index (χ1n) is 12.1. The Morgan fingerprint density at radius 3 is 2.29 bits per heavy atom. The Labute approximate surface area is 218 Å². The van der Waals surface area contributed by atoms with E-state index in [2.05, 4.69) is 10.3 Å². The van der Waals surface area contributed by atoms with E-state index in [0.717, 1.165) is 12.1 Å². The van der Waals surface area contributed by atoms with E-state index < -0.39 is 34.3 Å². The van der Waals surface area contributed by atoms with Gasteiger partial charge >= 0.3 is 6.18 Å². The number of nitrogens with zero attached hydrogens (tertiary/aromatic N) is 2. The number of hydrogen-bond acceptors (Lipinski definition) is 5. The van der Waals surface area contributed by atoms with Gasteiger partial charge in [0.1, 0.15) is 12.5 Å². The number of halogens is 4. The maximum Gasteiger partial charge on any atom is 0.416 e. The lowest BCUT2D eigenvalue weighted by Crippen LogP contribution is -2.31. The Hall–Kier alpha value is -3.47. The number of sulfone groups is 1. The summed E-state index contributed by atoms with van der Waals surface area (Å²) >= 11 is 0. The third-order valence-corrected chi connectivity index (χ3v) is 8.41. The normalized spacial score (nSPS) is 18.0. The summed E-state index contributed by atoms with van der Waals surface area (Å²) in [7, 11) is -3.31. The van der Waals surface area contributed by atoms with Gasteiger partial charge in [0.25, 0.3) is 0 Å². The van der Waals surface area contributed by atoms with Gasteiger partial charge in [-0.3, -0.25) is 4.79 Å². The van der Waals surface area contributed by atoms with Crippen LogP contribution in [0.15, 0.2) is 71.8 Å². The molecule has 11 heteroatoms. The molecule has 1 aliphatic rings. The highest BCUT2D eigenvalue weighted by molar-refractivity contribution is 7.91. The summed E-state index contributed by atoms with van der Waals surface area (Å²) < 4.78 is 76.3. The molecule has 2 atom stereocenters. The lowest BCUT2D eigenvalue weighted by molar-refractivity contribution is -0.137. The number of benzene rings is 2. The summed E-state index contributed by atoms with van der Waals surface area (Å²) in [6, 6.07) is 14.0. The Balaban J connectivity index is 1.38. The molecule has 3 aromatic rings. The molecular formula is C27H27F4N3O3S. The fraction of sp³-hybridized carbons (Fsp3) is 0.333. The molecule has 0 bridgehead atoms. The number of hydrogen-bond donors (Lipinski definition) is 1. The predicted molar refractivity (Wildman–Crippen MR) is 137 cm³/mol. The molecule has 0 aliphatic carbocycles. The number of rotatable bonds is 8. The van der Waals surface area contributed by atoms with Crippen LogP contribution in [-0.4, -0.2) is 44.3 Å². The van der Waals surface area contributed by atoms with Gasteiger partial charge in [-0.25, -0.2) is 17.8 Å². The van der Waals surface area contributed by atoms with Crippen molar-refractivity contribution in [1.29, 1.82) is 0 Å². The van der Waals surface area contributed by atoms with Crippen molar-refractivity contribution in [3.05, 3.63) is 83.6 Å². The highest BCUT2D eigenvalue weighted by Gasteiger charge is 2.35. The summed E-state index contributed by atoms with van der Waals surface area (Å²) in [4.78, 5) is 18.8. The molecule has 0 saturated carbocycles. The summed E-state index contributed by atoms with van der Waals surface area (Å²) in [5.74, 6) is 0.0520. The number of nitrogens with one attached hydrogen (secondary N) is 1. The lowest BCUT2D eigenvalue weighted by Gasteiger charge is -2.23. The highest BCUT2D eigenvalue weighted by Crippen LogP contribution is 2.36. The van der Waals surface area contributed by atoms with Gasteiger partial charge in [0.15, 0.2) is 9.84 Å². The first kappa shape index (κ1) is 27.6. The van der Waals surface area contributed by atoms with E-state index in [0.29, 0.717) is 35.6 Å². The number of carbonyl (C=O) groups excluding carboxylic acids is 1. The standard InChI is InChI=1S/C27H27F4N3O3S/c1-2-38(36,37)24-10-3-18(4-11-24)13-26(35)33-22-9-12-25(32-16-22)34-17-20(14-23(34)15-28)19-5-7-21(8-6-19)27(29,30)31/h3-12,16,20,23H,2,13-15,17H2,1H3,(H,33,35)/t20?,23-/m0/s1. The zero-order valence-corrected chi connectivity index (χ0v) is 21.4. The average molecular weight is 550 g/mol. The average Bonchev–Trinajstić information content (AvgIpc) is 3.33. The molecule has 38 heavy (non-hydrogen) atoms. The van der Waals surface area contributed by atoms with Gasteiger partial charge in [0.2, 0.25) is 5.91 Å². The Morgan fingerprint density at radius 1 is 1.05 bits per heavy atom. The fourth-order valence-electron chi connectivity index (χ4n) is 4.53. The minimum absolute atomic E-state index is 0.00492. The maximum absolute atomic E-state index is 13.8. The molecular weight excluding hydrogens is 522 g/mol. The van der Waals surface area contributed by atoms with Crippen LogP contribution in [-0.2, 0) is 27.2 Å². The Morgan fingerprint density at radius 2 is 1.74 bits per heavy atom. The van der Waals surface area contributed by atoms with E-state index in [4.69, 9.17) is 0 Å². The largest absolute Gasteiger partial charge is 0.416 e. The van der Waals surface area contributed by atoms with Gasteiger partial charge in [0.05, 0.1) is 40.6 Å². The van der Waals surface area contributed by atoms with E-state index in [1.807, 2.05) is 0 Å². The van der Waals surface area contributed by atoms with Crippen molar-refractivity contribution < 1.29 is 30.8 Å². The van der Waals surface area contributed by atoms with Crippen molar-refractivity contribution in [2.45, 2.75) is 42.8 Å². The molecule has 1 N–H and O–H groups in total. The molecule has 0 radical (unpaired) electrons. The second-order valence-electron chi connectivity index (χ2n) is 9.19. The van der Waals surface area contributed by atoms with E-state index in [9.17, 15) is 30.8 Å².